The summed E-state index contributed by atoms with van der Waals surface area (Å²) in [4.78, 5) is 14.6. The van der Waals surface area contributed by atoms with Crippen LogP contribution in [0.1, 0.15) is 29.3 Å². The Balaban J connectivity index is 1.72. The number of fused-ring (bicyclic) bond motifs is 1. The molecule has 0 aromatic carbocycles. The van der Waals surface area contributed by atoms with E-state index in [9.17, 15) is 4.79 Å². The number of aryl methyl sites for hydroxylation is 1. The molecule has 86 valence electrons. The lowest BCUT2D eigenvalue weighted by molar-refractivity contribution is -0.149. The van der Waals surface area contributed by atoms with Crippen molar-refractivity contribution < 1.29 is 9.90 Å². The van der Waals surface area contributed by atoms with E-state index in [1.807, 2.05) is 11.3 Å². The van der Waals surface area contributed by atoms with Crippen LogP contribution in [-0.4, -0.2) is 29.1 Å². The first kappa shape index (κ1) is 10.3. The lowest BCUT2D eigenvalue weighted by Gasteiger charge is -2.44. The minimum Gasteiger partial charge on any atom is -0.481 e. The van der Waals surface area contributed by atoms with Crippen molar-refractivity contribution in [1.29, 1.82) is 0 Å². The minimum absolute atomic E-state index is 0.135. The summed E-state index contributed by atoms with van der Waals surface area (Å²) >= 11 is 1.85. The Morgan fingerprint density at radius 1 is 1.50 bits per heavy atom. The molecule has 4 heteroatoms. The highest BCUT2D eigenvalue weighted by Crippen LogP contribution is 2.40. The molecule has 1 aromatic heterocycles. The van der Waals surface area contributed by atoms with Gasteiger partial charge in [0.1, 0.15) is 0 Å². The standard InChI is InChI=1S/C12H15NO2S/c14-12(15)8-6-13(7-8)10-2-1-3-11-9(10)4-5-16-11/h4-5,8,10H,1-3,6-7H2,(H,14,15). The van der Waals surface area contributed by atoms with Crippen molar-refractivity contribution in [3.05, 3.63) is 21.9 Å². The van der Waals surface area contributed by atoms with Crippen LogP contribution in [0.5, 0.6) is 0 Å². The van der Waals surface area contributed by atoms with Crippen LogP contribution in [-0.2, 0) is 11.2 Å². The first-order valence-corrected chi connectivity index (χ1v) is 6.67. The number of hydrogen-bond donors (Lipinski definition) is 1. The molecule has 2 heterocycles. The number of rotatable bonds is 2. The molecule has 1 aliphatic heterocycles. The van der Waals surface area contributed by atoms with Crippen molar-refractivity contribution in [2.45, 2.75) is 25.3 Å². The van der Waals surface area contributed by atoms with Gasteiger partial charge >= 0.3 is 5.97 Å². The van der Waals surface area contributed by atoms with E-state index >= 15 is 0 Å². The number of carbonyl (C=O) groups is 1. The summed E-state index contributed by atoms with van der Waals surface area (Å²) in [6.45, 7) is 1.46. The Labute approximate surface area is 98.7 Å². The Morgan fingerprint density at radius 2 is 2.31 bits per heavy atom. The van der Waals surface area contributed by atoms with Gasteiger partial charge in [0, 0.05) is 24.0 Å². The van der Waals surface area contributed by atoms with Crippen molar-refractivity contribution >= 4 is 17.3 Å². The molecule has 0 radical (unpaired) electrons. The topological polar surface area (TPSA) is 40.5 Å². The number of carboxylic acids is 1. The van der Waals surface area contributed by atoms with Crippen LogP contribution in [0.4, 0.5) is 0 Å². The highest BCUT2D eigenvalue weighted by molar-refractivity contribution is 7.10. The van der Waals surface area contributed by atoms with Crippen LogP contribution in [0.3, 0.4) is 0 Å². The van der Waals surface area contributed by atoms with Gasteiger partial charge in [-0.1, -0.05) is 0 Å². The second-order valence-electron chi connectivity index (χ2n) is 4.70. The first-order chi connectivity index (χ1) is 7.75. The van der Waals surface area contributed by atoms with Crippen molar-refractivity contribution in [2.75, 3.05) is 13.1 Å². The van der Waals surface area contributed by atoms with Gasteiger partial charge in [-0.05, 0) is 36.3 Å². The molecular weight excluding hydrogens is 222 g/mol. The highest BCUT2D eigenvalue weighted by Gasteiger charge is 2.38. The Kier molecular flexibility index (Phi) is 2.48. The summed E-state index contributed by atoms with van der Waals surface area (Å²) < 4.78 is 0. The third-order valence-corrected chi connectivity index (χ3v) is 4.72. The van der Waals surface area contributed by atoms with E-state index in [4.69, 9.17) is 5.11 Å². The van der Waals surface area contributed by atoms with Gasteiger partial charge in [0.05, 0.1) is 5.92 Å². The lowest BCUT2D eigenvalue weighted by atomic mass is 9.88. The molecule has 1 unspecified atom stereocenters. The fraction of sp³-hybridized carbons (Fsp3) is 0.583. The summed E-state index contributed by atoms with van der Waals surface area (Å²) in [6.07, 6.45) is 3.64. The zero-order valence-electron chi connectivity index (χ0n) is 9.06. The summed E-state index contributed by atoms with van der Waals surface area (Å²) in [5, 5.41) is 11.0. The van der Waals surface area contributed by atoms with Crippen LogP contribution >= 0.6 is 11.3 Å². The molecule has 0 amide bonds. The number of carboxylic acid groups (broad SMARTS) is 1. The summed E-state index contributed by atoms with van der Waals surface area (Å²) in [6, 6.07) is 2.71. The van der Waals surface area contributed by atoms with Gasteiger partial charge < -0.3 is 5.11 Å². The van der Waals surface area contributed by atoms with E-state index in [2.05, 4.69) is 16.3 Å². The van der Waals surface area contributed by atoms with E-state index in [1.54, 1.807) is 0 Å². The molecule has 1 saturated heterocycles. The molecule has 3 nitrogen and oxygen atoms in total. The largest absolute Gasteiger partial charge is 0.481 e. The number of nitrogens with zero attached hydrogens (tertiary/aromatic N) is 1. The maximum atomic E-state index is 10.8. The van der Waals surface area contributed by atoms with E-state index in [0.29, 0.717) is 6.04 Å². The maximum Gasteiger partial charge on any atom is 0.309 e. The number of aliphatic carboxylic acids is 1. The molecule has 1 fully saturated rings. The van der Waals surface area contributed by atoms with Gasteiger partial charge in [0.15, 0.2) is 0 Å². The highest BCUT2D eigenvalue weighted by atomic mass is 32.1. The Morgan fingerprint density at radius 3 is 3.06 bits per heavy atom. The third-order valence-electron chi connectivity index (χ3n) is 3.72. The molecule has 2 aliphatic rings. The van der Waals surface area contributed by atoms with Crippen molar-refractivity contribution in [1.82, 2.24) is 4.90 Å². The minimum atomic E-state index is -0.641. The van der Waals surface area contributed by atoms with Crippen molar-refractivity contribution in [2.24, 2.45) is 5.92 Å². The van der Waals surface area contributed by atoms with Gasteiger partial charge in [-0.2, -0.15) is 0 Å². The number of likely N-dealkylation sites (tertiary alicyclic amines) is 1. The molecule has 16 heavy (non-hydrogen) atoms. The van der Waals surface area contributed by atoms with Gasteiger partial charge in [-0.15, -0.1) is 11.3 Å². The normalized spacial score (nSPS) is 26.1. The van der Waals surface area contributed by atoms with Crippen molar-refractivity contribution in [3.63, 3.8) is 0 Å². The van der Waals surface area contributed by atoms with Crippen LogP contribution in [0.2, 0.25) is 0 Å². The molecule has 0 spiro atoms. The molecule has 1 atom stereocenters. The molecule has 1 aliphatic carbocycles. The molecule has 0 bridgehead atoms. The predicted molar refractivity (Wildman–Crippen MR) is 62.7 cm³/mol. The van der Waals surface area contributed by atoms with Crippen LogP contribution in [0.15, 0.2) is 11.4 Å². The van der Waals surface area contributed by atoms with Crippen molar-refractivity contribution in [3.8, 4) is 0 Å². The van der Waals surface area contributed by atoms with Gasteiger partial charge in [-0.25, -0.2) is 0 Å². The zero-order valence-corrected chi connectivity index (χ0v) is 9.87. The summed E-state index contributed by atoms with van der Waals surface area (Å²) in [7, 11) is 0. The third kappa shape index (κ3) is 1.57. The van der Waals surface area contributed by atoms with Gasteiger partial charge in [0.25, 0.3) is 0 Å². The second-order valence-corrected chi connectivity index (χ2v) is 5.70. The monoisotopic (exact) mass is 237 g/mol. The fourth-order valence-electron chi connectivity index (χ4n) is 2.76. The van der Waals surface area contributed by atoms with Gasteiger partial charge in [0.2, 0.25) is 0 Å². The molecular formula is C12H15NO2S. The molecule has 1 N–H and O–H groups in total. The summed E-state index contributed by atoms with van der Waals surface area (Å²) in [5.74, 6) is -0.776. The van der Waals surface area contributed by atoms with Gasteiger partial charge in [-0.3, -0.25) is 9.69 Å². The van der Waals surface area contributed by atoms with Crippen LogP contribution in [0.25, 0.3) is 0 Å². The van der Waals surface area contributed by atoms with Crippen LogP contribution in [0, 0.1) is 5.92 Å². The number of thiophene rings is 1. The molecule has 0 saturated carbocycles. The van der Waals surface area contributed by atoms with Crippen LogP contribution < -0.4 is 0 Å². The Bertz CT molecular complexity index is 409. The van der Waals surface area contributed by atoms with E-state index in [0.717, 1.165) is 13.1 Å². The van der Waals surface area contributed by atoms with E-state index < -0.39 is 5.97 Å². The average molecular weight is 237 g/mol. The SMILES string of the molecule is O=C(O)C1CN(C2CCCc3sccc32)C1. The fourth-order valence-corrected chi connectivity index (χ4v) is 3.75. The van der Waals surface area contributed by atoms with E-state index in [-0.39, 0.29) is 5.92 Å². The Hall–Kier alpha value is -0.870. The zero-order chi connectivity index (χ0) is 11.1. The number of hydrogen-bond acceptors (Lipinski definition) is 3. The first-order valence-electron chi connectivity index (χ1n) is 5.79. The lowest BCUT2D eigenvalue weighted by Crippen LogP contribution is -2.52. The molecule has 1 aromatic rings. The smallest absolute Gasteiger partial charge is 0.309 e. The quantitative estimate of drug-likeness (QED) is 0.856. The predicted octanol–water partition coefficient (Wildman–Crippen LogP) is 2.14. The molecule has 3 rings (SSSR count). The second kappa shape index (κ2) is 3.86. The van der Waals surface area contributed by atoms with E-state index in [1.165, 1.54) is 29.7 Å². The average Bonchev–Trinajstić information content (AvgIpc) is 2.63. The summed E-state index contributed by atoms with van der Waals surface area (Å²) in [5.41, 5.74) is 1.46. The maximum absolute atomic E-state index is 10.8.